The lowest BCUT2D eigenvalue weighted by Gasteiger charge is -1.91. The van der Waals surface area contributed by atoms with Gasteiger partial charge < -0.3 is 5.11 Å². The Morgan fingerprint density at radius 2 is 2.27 bits per heavy atom. The average Bonchev–Trinajstić information content (AvgIpc) is 2.68. The summed E-state index contributed by atoms with van der Waals surface area (Å²) in [6.07, 6.45) is 3.32. The summed E-state index contributed by atoms with van der Waals surface area (Å²) in [6.45, 7) is 0. The third-order valence-electron chi connectivity index (χ3n) is 1.63. The molecule has 0 atom stereocenters. The minimum atomic E-state index is -1.00. The zero-order valence-electron chi connectivity index (χ0n) is 7.45. The molecule has 0 bridgehead atoms. The number of carbonyl (C=O) groups is 1. The fraction of sp³-hybridized carbons (Fsp3) is 0. The van der Waals surface area contributed by atoms with Crippen LogP contribution >= 0.6 is 28.3 Å². The molecule has 15 heavy (non-hydrogen) atoms. The van der Waals surface area contributed by atoms with Crippen LogP contribution in [0.15, 0.2) is 29.9 Å². The number of aromatic nitrogens is 2. The molecule has 0 aliphatic rings. The smallest absolute Gasteiger partial charge is 0.355 e. The van der Waals surface area contributed by atoms with Crippen molar-refractivity contribution in [3.05, 3.63) is 35.6 Å². The second-order valence-electron chi connectivity index (χ2n) is 2.58. The van der Waals surface area contributed by atoms with Gasteiger partial charge in [0.15, 0.2) is 5.69 Å². The Bertz CT molecular complexity index is 458. The molecule has 2 aromatic rings. The molecule has 0 spiro atoms. The van der Waals surface area contributed by atoms with E-state index in [1.54, 1.807) is 18.5 Å². The molecule has 2 rings (SSSR count). The number of thiazole rings is 1. The maximum absolute atomic E-state index is 10.6. The summed E-state index contributed by atoms with van der Waals surface area (Å²) in [5, 5.41) is 10.9. The Morgan fingerprint density at radius 3 is 2.80 bits per heavy atom. The van der Waals surface area contributed by atoms with Crippen LogP contribution in [0.25, 0.3) is 10.6 Å². The number of halogens is 1. The van der Waals surface area contributed by atoms with Crippen LogP contribution in [0.5, 0.6) is 0 Å². The molecular weight excluding hydrogens is 280 g/mol. The van der Waals surface area contributed by atoms with Gasteiger partial charge in [-0.2, -0.15) is 0 Å². The van der Waals surface area contributed by atoms with Gasteiger partial charge in [0.1, 0.15) is 5.01 Å². The molecule has 0 amide bonds. The van der Waals surface area contributed by atoms with Crippen molar-refractivity contribution in [2.75, 3.05) is 0 Å². The Kier molecular flexibility index (Phi) is 3.93. The highest BCUT2D eigenvalue weighted by atomic mass is 79.9. The van der Waals surface area contributed by atoms with Gasteiger partial charge in [-0.05, 0) is 12.1 Å². The SMILES string of the molecule is Br.O=C(O)c1csc(-c2cccnc2)n1. The first-order valence-corrected chi connectivity index (χ1v) is 4.74. The van der Waals surface area contributed by atoms with Gasteiger partial charge in [0.2, 0.25) is 0 Å². The largest absolute Gasteiger partial charge is 0.476 e. The third kappa shape index (κ3) is 2.60. The second kappa shape index (κ2) is 4.99. The summed E-state index contributed by atoms with van der Waals surface area (Å²) in [6, 6.07) is 3.63. The quantitative estimate of drug-likeness (QED) is 0.921. The van der Waals surface area contributed by atoms with Crippen LogP contribution in [0.4, 0.5) is 0 Å². The summed E-state index contributed by atoms with van der Waals surface area (Å²) in [4.78, 5) is 18.5. The van der Waals surface area contributed by atoms with Gasteiger partial charge in [-0.15, -0.1) is 28.3 Å². The van der Waals surface area contributed by atoms with Crippen LogP contribution in [0.2, 0.25) is 0 Å². The fourth-order valence-corrected chi connectivity index (χ4v) is 1.78. The summed E-state index contributed by atoms with van der Waals surface area (Å²) >= 11 is 1.30. The van der Waals surface area contributed by atoms with Crippen molar-refractivity contribution < 1.29 is 9.90 Å². The highest BCUT2D eigenvalue weighted by molar-refractivity contribution is 8.93. The Hall–Kier alpha value is -1.27. The van der Waals surface area contributed by atoms with E-state index in [2.05, 4.69) is 9.97 Å². The molecule has 0 saturated carbocycles. The minimum absolute atomic E-state index is 0. The van der Waals surface area contributed by atoms with E-state index in [0.717, 1.165) is 5.56 Å². The Balaban J connectivity index is 0.00000112. The molecule has 78 valence electrons. The summed E-state index contributed by atoms with van der Waals surface area (Å²) in [5.41, 5.74) is 0.916. The predicted molar refractivity (Wildman–Crippen MR) is 62.6 cm³/mol. The van der Waals surface area contributed by atoms with Crippen LogP contribution in [0.3, 0.4) is 0 Å². The van der Waals surface area contributed by atoms with Crippen LogP contribution in [0.1, 0.15) is 10.5 Å². The molecule has 0 aromatic carbocycles. The van der Waals surface area contributed by atoms with Gasteiger partial charge in [-0.25, -0.2) is 9.78 Å². The number of nitrogens with zero attached hydrogens (tertiary/aromatic N) is 2. The van der Waals surface area contributed by atoms with E-state index >= 15 is 0 Å². The average molecular weight is 287 g/mol. The van der Waals surface area contributed by atoms with Gasteiger partial charge in [-0.3, -0.25) is 4.98 Å². The van der Waals surface area contributed by atoms with E-state index in [1.165, 1.54) is 16.7 Å². The topological polar surface area (TPSA) is 63.1 Å². The van der Waals surface area contributed by atoms with Crippen molar-refractivity contribution in [3.8, 4) is 10.6 Å². The molecule has 4 nitrogen and oxygen atoms in total. The zero-order chi connectivity index (χ0) is 9.97. The fourth-order valence-electron chi connectivity index (χ4n) is 0.994. The summed E-state index contributed by atoms with van der Waals surface area (Å²) in [5.74, 6) is -1.00. The van der Waals surface area contributed by atoms with Gasteiger partial charge in [0.05, 0.1) is 0 Å². The monoisotopic (exact) mass is 286 g/mol. The molecular formula is C9H7BrN2O2S. The Labute approximate surface area is 100 Å². The van der Waals surface area contributed by atoms with Crippen molar-refractivity contribution in [2.24, 2.45) is 0 Å². The first-order valence-electron chi connectivity index (χ1n) is 3.86. The van der Waals surface area contributed by atoms with Crippen LogP contribution in [0, 0.1) is 0 Å². The van der Waals surface area contributed by atoms with Crippen molar-refractivity contribution in [3.63, 3.8) is 0 Å². The van der Waals surface area contributed by atoms with Crippen LogP contribution < -0.4 is 0 Å². The number of carboxylic acids is 1. The van der Waals surface area contributed by atoms with E-state index in [1.807, 2.05) is 6.07 Å². The molecule has 0 aliphatic heterocycles. The van der Waals surface area contributed by atoms with E-state index in [4.69, 9.17) is 5.11 Å². The standard InChI is InChI=1S/C9H6N2O2S.BrH/c12-9(13)7-5-14-8(11-7)6-2-1-3-10-4-6;/h1-5H,(H,12,13);1H. The molecule has 2 aromatic heterocycles. The van der Waals surface area contributed by atoms with E-state index < -0.39 is 5.97 Å². The van der Waals surface area contributed by atoms with Crippen LogP contribution in [-0.2, 0) is 0 Å². The number of aromatic carboxylic acids is 1. The molecule has 6 heteroatoms. The van der Waals surface area contributed by atoms with Gasteiger partial charge in [0, 0.05) is 23.3 Å². The lowest BCUT2D eigenvalue weighted by atomic mass is 10.3. The van der Waals surface area contributed by atoms with Crippen molar-refractivity contribution in [1.82, 2.24) is 9.97 Å². The van der Waals surface area contributed by atoms with Gasteiger partial charge >= 0.3 is 5.97 Å². The number of rotatable bonds is 2. The van der Waals surface area contributed by atoms with Crippen LogP contribution in [-0.4, -0.2) is 21.0 Å². The van der Waals surface area contributed by atoms with Crippen molar-refractivity contribution in [1.29, 1.82) is 0 Å². The summed E-state index contributed by atoms with van der Waals surface area (Å²) < 4.78 is 0. The molecule has 0 saturated heterocycles. The number of hydrogen-bond acceptors (Lipinski definition) is 4. The molecule has 2 heterocycles. The van der Waals surface area contributed by atoms with Crippen molar-refractivity contribution in [2.45, 2.75) is 0 Å². The number of pyridine rings is 1. The lowest BCUT2D eigenvalue weighted by Crippen LogP contribution is -1.95. The van der Waals surface area contributed by atoms with E-state index in [0.29, 0.717) is 5.01 Å². The molecule has 0 radical (unpaired) electrons. The molecule has 1 N–H and O–H groups in total. The number of carboxylic acid groups (broad SMARTS) is 1. The van der Waals surface area contributed by atoms with E-state index in [9.17, 15) is 4.79 Å². The predicted octanol–water partition coefficient (Wildman–Crippen LogP) is 2.48. The Morgan fingerprint density at radius 1 is 1.47 bits per heavy atom. The zero-order valence-corrected chi connectivity index (χ0v) is 9.98. The third-order valence-corrected chi connectivity index (χ3v) is 2.52. The summed E-state index contributed by atoms with van der Waals surface area (Å²) in [7, 11) is 0. The van der Waals surface area contributed by atoms with E-state index in [-0.39, 0.29) is 22.7 Å². The first-order chi connectivity index (χ1) is 6.77. The van der Waals surface area contributed by atoms with Gasteiger partial charge in [-0.1, -0.05) is 0 Å². The van der Waals surface area contributed by atoms with Gasteiger partial charge in [0.25, 0.3) is 0 Å². The molecule has 0 aliphatic carbocycles. The normalized spacial score (nSPS) is 9.33. The minimum Gasteiger partial charge on any atom is -0.476 e. The maximum Gasteiger partial charge on any atom is 0.355 e. The maximum atomic E-state index is 10.6. The highest BCUT2D eigenvalue weighted by Crippen LogP contribution is 2.22. The highest BCUT2D eigenvalue weighted by Gasteiger charge is 2.09. The first kappa shape index (κ1) is 11.8. The lowest BCUT2D eigenvalue weighted by molar-refractivity contribution is 0.0691. The van der Waals surface area contributed by atoms with Crippen molar-refractivity contribution >= 4 is 34.3 Å². The number of hydrogen-bond donors (Lipinski definition) is 1. The molecule has 0 unspecified atom stereocenters. The molecule has 0 fully saturated rings. The second-order valence-corrected chi connectivity index (χ2v) is 3.44.